The van der Waals surface area contributed by atoms with E-state index in [9.17, 15) is 9.59 Å². The molecule has 0 aliphatic carbocycles. The van der Waals surface area contributed by atoms with Crippen molar-refractivity contribution in [2.24, 2.45) is 0 Å². The van der Waals surface area contributed by atoms with E-state index in [0.717, 1.165) is 15.6 Å². The molecule has 35 heavy (non-hydrogen) atoms. The van der Waals surface area contributed by atoms with Crippen molar-refractivity contribution in [1.29, 1.82) is 0 Å². The summed E-state index contributed by atoms with van der Waals surface area (Å²) >= 11 is 13.0. The first-order valence-corrected chi connectivity index (χ1v) is 12.3. The summed E-state index contributed by atoms with van der Waals surface area (Å²) in [5, 5.41) is 9.85. The van der Waals surface area contributed by atoms with Crippen molar-refractivity contribution in [3.8, 4) is 5.75 Å². The van der Waals surface area contributed by atoms with Gasteiger partial charge in [-0.2, -0.15) is 0 Å². The van der Waals surface area contributed by atoms with Crippen molar-refractivity contribution in [1.82, 2.24) is 10.6 Å². The molecule has 9 heteroatoms. The van der Waals surface area contributed by atoms with E-state index in [1.165, 1.54) is 11.3 Å². The number of ether oxygens (including phenoxy) is 1. The Morgan fingerprint density at radius 3 is 2.40 bits per heavy atom. The van der Waals surface area contributed by atoms with E-state index in [0.29, 0.717) is 26.9 Å². The third kappa shape index (κ3) is 5.79. The van der Waals surface area contributed by atoms with Crippen LogP contribution in [0.2, 0.25) is 5.02 Å². The Balaban J connectivity index is 1.36. The van der Waals surface area contributed by atoms with E-state index >= 15 is 0 Å². The molecule has 178 valence electrons. The predicted octanol–water partition coefficient (Wildman–Crippen LogP) is 6.18. The van der Waals surface area contributed by atoms with Crippen LogP contribution in [0.15, 0.2) is 72.8 Å². The Bertz CT molecular complexity index is 1390. The van der Waals surface area contributed by atoms with Crippen LogP contribution in [0, 0.1) is 0 Å². The number of benzene rings is 3. The molecule has 1 unspecified atom stereocenters. The van der Waals surface area contributed by atoms with E-state index in [-0.39, 0.29) is 17.1 Å². The summed E-state index contributed by atoms with van der Waals surface area (Å²) < 4.78 is 6.07. The number of halogens is 1. The number of fused-ring (bicyclic) bond motifs is 1. The van der Waals surface area contributed by atoms with Gasteiger partial charge in [0, 0.05) is 21.3 Å². The molecule has 1 heterocycles. The number of thiocarbonyl (C=S) groups is 1. The summed E-state index contributed by atoms with van der Waals surface area (Å²) in [6.07, 6.45) is 0. The van der Waals surface area contributed by atoms with Crippen molar-refractivity contribution >= 4 is 67.9 Å². The first-order chi connectivity index (χ1) is 16.9. The number of carbonyl (C=O) groups excluding carboxylic acids is 2. The third-order valence-electron chi connectivity index (χ3n) is 5.32. The third-order valence-corrected chi connectivity index (χ3v) is 7.18. The SMILES string of the molecule is COc1ccc2c(Cl)c(C(=O)NC(=S)Nc3ccc(C(=O)NC(C)c4ccccc4)cc3)sc2c1. The zero-order chi connectivity index (χ0) is 24.9. The minimum absolute atomic E-state index is 0.119. The second-order valence-electron chi connectivity index (χ2n) is 7.70. The molecule has 0 fully saturated rings. The van der Waals surface area contributed by atoms with Gasteiger partial charge in [0.1, 0.15) is 10.6 Å². The van der Waals surface area contributed by atoms with Crippen LogP contribution in [0.25, 0.3) is 10.1 Å². The van der Waals surface area contributed by atoms with Gasteiger partial charge in [-0.05, 0) is 67.2 Å². The molecule has 0 aliphatic heterocycles. The Labute approximate surface area is 217 Å². The molecule has 0 saturated carbocycles. The monoisotopic (exact) mass is 523 g/mol. The van der Waals surface area contributed by atoms with Gasteiger partial charge in [-0.25, -0.2) is 0 Å². The number of thiophene rings is 1. The predicted molar refractivity (Wildman–Crippen MR) is 146 cm³/mol. The molecule has 1 atom stereocenters. The van der Waals surface area contributed by atoms with Crippen LogP contribution >= 0.6 is 35.2 Å². The number of carbonyl (C=O) groups is 2. The Morgan fingerprint density at radius 2 is 1.71 bits per heavy atom. The summed E-state index contributed by atoms with van der Waals surface area (Å²) in [4.78, 5) is 25.7. The van der Waals surface area contributed by atoms with Crippen LogP contribution in [0.4, 0.5) is 5.69 Å². The summed E-state index contributed by atoms with van der Waals surface area (Å²) in [6.45, 7) is 1.93. The Kier molecular flexibility index (Phi) is 7.65. The molecule has 4 rings (SSSR count). The normalized spacial score (nSPS) is 11.5. The summed E-state index contributed by atoms with van der Waals surface area (Å²) in [6, 6.07) is 21.9. The maximum atomic E-state index is 12.8. The van der Waals surface area contributed by atoms with Crippen molar-refractivity contribution in [2.45, 2.75) is 13.0 Å². The molecule has 0 aliphatic rings. The number of nitrogens with one attached hydrogen (secondary N) is 3. The molecule has 4 aromatic rings. The lowest BCUT2D eigenvalue weighted by Crippen LogP contribution is -2.33. The largest absolute Gasteiger partial charge is 0.497 e. The minimum atomic E-state index is -0.404. The zero-order valence-corrected chi connectivity index (χ0v) is 21.3. The number of hydrogen-bond donors (Lipinski definition) is 3. The lowest BCUT2D eigenvalue weighted by molar-refractivity contribution is 0.0938. The van der Waals surface area contributed by atoms with Crippen LogP contribution in [0.1, 0.15) is 38.6 Å². The van der Waals surface area contributed by atoms with E-state index < -0.39 is 5.91 Å². The molecule has 0 radical (unpaired) electrons. The summed E-state index contributed by atoms with van der Waals surface area (Å²) in [7, 11) is 1.58. The second-order valence-corrected chi connectivity index (χ2v) is 9.54. The lowest BCUT2D eigenvalue weighted by Gasteiger charge is -2.14. The standard InChI is InChI=1S/C26H22ClN3O3S2/c1-15(16-6-4-3-5-7-16)28-24(31)17-8-10-18(11-9-17)29-26(34)30-25(32)23-22(27)20-13-12-19(33-2)14-21(20)35-23/h3-15H,1-2H3,(H,28,31)(H2,29,30,32,34). The molecule has 3 aromatic carbocycles. The number of methoxy groups -OCH3 is 1. The van der Waals surface area contributed by atoms with Crippen LogP contribution in [0.5, 0.6) is 5.75 Å². The number of rotatable bonds is 6. The molecule has 0 bridgehead atoms. The second kappa shape index (κ2) is 10.9. The number of hydrogen-bond acceptors (Lipinski definition) is 5. The van der Waals surface area contributed by atoms with Crippen LogP contribution in [-0.4, -0.2) is 24.0 Å². The van der Waals surface area contributed by atoms with Gasteiger partial charge < -0.3 is 15.4 Å². The molecule has 0 spiro atoms. The minimum Gasteiger partial charge on any atom is -0.497 e. The van der Waals surface area contributed by atoms with Crippen LogP contribution in [0.3, 0.4) is 0 Å². The maximum absolute atomic E-state index is 12.8. The molecule has 6 nitrogen and oxygen atoms in total. The molecule has 2 amide bonds. The van der Waals surface area contributed by atoms with Gasteiger partial charge in [0.25, 0.3) is 11.8 Å². The van der Waals surface area contributed by atoms with E-state index in [1.807, 2.05) is 49.4 Å². The maximum Gasteiger partial charge on any atom is 0.269 e. The first-order valence-electron chi connectivity index (χ1n) is 10.7. The fourth-order valence-corrected chi connectivity index (χ4v) is 5.10. The van der Waals surface area contributed by atoms with Gasteiger partial charge in [-0.15, -0.1) is 11.3 Å². The highest BCUT2D eigenvalue weighted by molar-refractivity contribution is 7.80. The van der Waals surface area contributed by atoms with E-state index in [4.69, 9.17) is 28.6 Å². The molecule has 1 aromatic heterocycles. The average Bonchev–Trinajstić information content (AvgIpc) is 3.20. The van der Waals surface area contributed by atoms with Crippen molar-refractivity contribution < 1.29 is 14.3 Å². The van der Waals surface area contributed by atoms with Gasteiger partial charge in [-0.3, -0.25) is 14.9 Å². The fourth-order valence-electron chi connectivity index (χ4n) is 3.45. The quantitative estimate of drug-likeness (QED) is 0.263. The smallest absolute Gasteiger partial charge is 0.269 e. The van der Waals surface area contributed by atoms with Gasteiger partial charge in [0.2, 0.25) is 0 Å². The van der Waals surface area contributed by atoms with Crippen LogP contribution in [-0.2, 0) is 0 Å². The first kappa shape index (κ1) is 24.7. The van der Waals surface area contributed by atoms with E-state index in [1.54, 1.807) is 37.4 Å². The number of amides is 2. The molecule has 0 saturated heterocycles. The molecule has 3 N–H and O–H groups in total. The van der Waals surface area contributed by atoms with Crippen LogP contribution < -0.4 is 20.7 Å². The highest BCUT2D eigenvalue weighted by Crippen LogP contribution is 2.37. The highest BCUT2D eigenvalue weighted by atomic mass is 35.5. The molecular weight excluding hydrogens is 502 g/mol. The summed E-state index contributed by atoms with van der Waals surface area (Å²) in [5.41, 5.74) is 2.18. The Hall–Kier alpha value is -3.46. The zero-order valence-electron chi connectivity index (χ0n) is 18.9. The van der Waals surface area contributed by atoms with Crippen molar-refractivity contribution in [3.05, 3.63) is 93.8 Å². The van der Waals surface area contributed by atoms with Gasteiger partial charge in [0.05, 0.1) is 18.2 Å². The fraction of sp³-hybridized carbons (Fsp3) is 0.115. The van der Waals surface area contributed by atoms with Gasteiger partial charge in [-0.1, -0.05) is 41.9 Å². The van der Waals surface area contributed by atoms with Gasteiger partial charge >= 0.3 is 0 Å². The Morgan fingerprint density at radius 1 is 1.00 bits per heavy atom. The number of anilines is 1. The topological polar surface area (TPSA) is 79.5 Å². The average molecular weight is 524 g/mol. The van der Waals surface area contributed by atoms with Crippen molar-refractivity contribution in [3.63, 3.8) is 0 Å². The highest BCUT2D eigenvalue weighted by Gasteiger charge is 2.19. The van der Waals surface area contributed by atoms with Crippen molar-refractivity contribution in [2.75, 3.05) is 12.4 Å². The van der Waals surface area contributed by atoms with E-state index in [2.05, 4.69) is 16.0 Å². The van der Waals surface area contributed by atoms with Gasteiger partial charge in [0.15, 0.2) is 5.11 Å². The summed E-state index contributed by atoms with van der Waals surface area (Å²) in [5.74, 6) is 0.101. The lowest BCUT2D eigenvalue weighted by atomic mass is 10.1. The molecular formula is C26H22ClN3O3S2.